The monoisotopic (exact) mass is 518 g/mol. The Kier molecular flexibility index (Phi) is 9.33. The van der Waals surface area contributed by atoms with Crippen LogP contribution in [0.4, 0.5) is 0 Å². The summed E-state index contributed by atoms with van der Waals surface area (Å²) in [5.41, 5.74) is 3.86. The van der Waals surface area contributed by atoms with Crippen LogP contribution in [0.15, 0.2) is 72.0 Å². The highest BCUT2D eigenvalue weighted by atomic mass is 127. The highest BCUT2D eigenvalue weighted by molar-refractivity contribution is 14.0. The van der Waals surface area contributed by atoms with Crippen LogP contribution < -0.4 is 16.0 Å². The van der Waals surface area contributed by atoms with Gasteiger partial charge in [-0.05, 0) is 36.2 Å². The summed E-state index contributed by atoms with van der Waals surface area (Å²) in [6.07, 6.45) is 4.63. The van der Waals surface area contributed by atoms with Crippen molar-refractivity contribution < 1.29 is 4.79 Å². The number of benzene rings is 2. The van der Waals surface area contributed by atoms with Crippen LogP contribution in [0.1, 0.15) is 21.5 Å². The molecule has 0 atom stereocenters. The van der Waals surface area contributed by atoms with E-state index in [4.69, 9.17) is 0 Å². The van der Waals surface area contributed by atoms with Crippen LogP contribution in [0.3, 0.4) is 0 Å². The Balaban J connectivity index is 0.00000320. The predicted octanol–water partition coefficient (Wildman–Crippen LogP) is 2.76. The number of para-hydroxylation sites is 1. The van der Waals surface area contributed by atoms with Gasteiger partial charge in [0.2, 0.25) is 0 Å². The normalized spacial score (nSPS) is 10.8. The molecule has 8 heteroatoms. The molecular weight excluding hydrogens is 491 g/mol. The van der Waals surface area contributed by atoms with E-state index >= 15 is 0 Å². The van der Waals surface area contributed by atoms with Gasteiger partial charge in [0, 0.05) is 44.5 Å². The molecule has 30 heavy (non-hydrogen) atoms. The fourth-order valence-electron chi connectivity index (χ4n) is 2.92. The van der Waals surface area contributed by atoms with E-state index in [0.717, 1.165) is 29.2 Å². The Morgan fingerprint density at radius 3 is 2.60 bits per heavy atom. The first-order chi connectivity index (χ1) is 14.2. The summed E-state index contributed by atoms with van der Waals surface area (Å²) in [6, 6.07) is 17.6. The first-order valence-electron chi connectivity index (χ1n) is 9.54. The average molecular weight is 518 g/mol. The molecule has 3 rings (SSSR count). The molecule has 3 aromatic rings. The summed E-state index contributed by atoms with van der Waals surface area (Å²) in [7, 11) is 3.38. The number of aromatic nitrogens is 2. The molecule has 7 nitrogen and oxygen atoms in total. The summed E-state index contributed by atoms with van der Waals surface area (Å²) in [4.78, 5) is 16.0. The summed E-state index contributed by atoms with van der Waals surface area (Å²) in [5.74, 6) is 0.647. The summed E-state index contributed by atoms with van der Waals surface area (Å²) >= 11 is 0. The number of guanidine groups is 1. The van der Waals surface area contributed by atoms with Crippen molar-refractivity contribution in [2.45, 2.75) is 13.0 Å². The minimum atomic E-state index is -0.0756. The molecule has 0 bridgehead atoms. The Hall–Kier alpha value is -2.88. The van der Waals surface area contributed by atoms with Gasteiger partial charge >= 0.3 is 0 Å². The van der Waals surface area contributed by atoms with Gasteiger partial charge in [-0.15, -0.1) is 24.0 Å². The van der Waals surface area contributed by atoms with Crippen LogP contribution in [0.25, 0.3) is 5.69 Å². The SMILES string of the molecule is CN=C(NCCc1cccc(C(=O)NC)c1)NCc1cnn(-c2ccccc2)c1.I. The Labute approximate surface area is 194 Å². The molecule has 1 amide bonds. The number of amides is 1. The van der Waals surface area contributed by atoms with E-state index in [2.05, 4.69) is 26.0 Å². The van der Waals surface area contributed by atoms with Gasteiger partial charge in [0.1, 0.15) is 0 Å². The van der Waals surface area contributed by atoms with Crippen molar-refractivity contribution in [3.63, 3.8) is 0 Å². The van der Waals surface area contributed by atoms with Crippen molar-refractivity contribution in [3.05, 3.63) is 83.7 Å². The molecular formula is C22H27IN6O. The van der Waals surface area contributed by atoms with Crippen molar-refractivity contribution >= 4 is 35.8 Å². The number of rotatable bonds is 7. The summed E-state index contributed by atoms with van der Waals surface area (Å²) in [6.45, 7) is 1.33. The first-order valence-corrected chi connectivity index (χ1v) is 9.54. The second-order valence-corrected chi connectivity index (χ2v) is 6.51. The molecule has 0 saturated carbocycles. The van der Waals surface area contributed by atoms with E-state index < -0.39 is 0 Å². The van der Waals surface area contributed by atoms with Crippen molar-refractivity contribution in [2.75, 3.05) is 20.6 Å². The molecule has 158 valence electrons. The zero-order valence-corrected chi connectivity index (χ0v) is 19.5. The van der Waals surface area contributed by atoms with Crippen LogP contribution in [-0.4, -0.2) is 42.3 Å². The third-order valence-electron chi connectivity index (χ3n) is 4.46. The van der Waals surface area contributed by atoms with Crippen molar-refractivity contribution in [1.82, 2.24) is 25.7 Å². The number of carbonyl (C=O) groups excluding carboxylic acids is 1. The van der Waals surface area contributed by atoms with Gasteiger partial charge in [0.15, 0.2) is 5.96 Å². The van der Waals surface area contributed by atoms with Gasteiger partial charge in [0.25, 0.3) is 5.91 Å². The molecule has 0 radical (unpaired) electrons. The topological polar surface area (TPSA) is 83.3 Å². The van der Waals surface area contributed by atoms with Crippen molar-refractivity contribution in [1.29, 1.82) is 0 Å². The molecule has 2 aromatic carbocycles. The third kappa shape index (κ3) is 6.58. The van der Waals surface area contributed by atoms with Crippen LogP contribution >= 0.6 is 24.0 Å². The molecule has 0 aliphatic rings. The largest absolute Gasteiger partial charge is 0.356 e. The molecule has 0 fully saturated rings. The van der Waals surface area contributed by atoms with E-state index in [1.807, 2.05) is 71.7 Å². The van der Waals surface area contributed by atoms with E-state index in [-0.39, 0.29) is 29.9 Å². The van der Waals surface area contributed by atoms with Gasteiger partial charge in [-0.1, -0.05) is 30.3 Å². The van der Waals surface area contributed by atoms with Crippen LogP contribution in [0.5, 0.6) is 0 Å². The number of hydrogen-bond donors (Lipinski definition) is 3. The fraction of sp³-hybridized carbons (Fsp3) is 0.227. The fourth-order valence-corrected chi connectivity index (χ4v) is 2.92. The predicted molar refractivity (Wildman–Crippen MR) is 131 cm³/mol. The van der Waals surface area contributed by atoms with Gasteiger partial charge in [-0.25, -0.2) is 4.68 Å². The lowest BCUT2D eigenvalue weighted by molar-refractivity contribution is 0.0963. The average Bonchev–Trinajstić information content (AvgIpc) is 3.25. The lowest BCUT2D eigenvalue weighted by Gasteiger charge is -2.11. The Morgan fingerprint density at radius 1 is 1.07 bits per heavy atom. The maximum Gasteiger partial charge on any atom is 0.251 e. The van der Waals surface area contributed by atoms with Gasteiger partial charge in [-0.3, -0.25) is 9.79 Å². The molecule has 3 N–H and O–H groups in total. The highest BCUT2D eigenvalue weighted by Crippen LogP contribution is 2.08. The highest BCUT2D eigenvalue weighted by Gasteiger charge is 2.05. The molecule has 0 spiro atoms. The van der Waals surface area contributed by atoms with Crippen LogP contribution in [0.2, 0.25) is 0 Å². The smallest absolute Gasteiger partial charge is 0.251 e. The van der Waals surface area contributed by atoms with Gasteiger partial charge in [0.05, 0.1) is 11.9 Å². The van der Waals surface area contributed by atoms with Crippen molar-refractivity contribution in [3.8, 4) is 5.69 Å². The second kappa shape index (κ2) is 12.0. The number of hydrogen-bond acceptors (Lipinski definition) is 3. The number of nitrogens with zero attached hydrogens (tertiary/aromatic N) is 3. The third-order valence-corrected chi connectivity index (χ3v) is 4.46. The minimum absolute atomic E-state index is 0. The van der Waals surface area contributed by atoms with E-state index in [0.29, 0.717) is 18.7 Å². The molecule has 1 aromatic heterocycles. The zero-order chi connectivity index (χ0) is 20.5. The van der Waals surface area contributed by atoms with Gasteiger partial charge < -0.3 is 16.0 Å². The number of carbonyl (C=O) groups is 1. The number of aliphatic imine (C=N–C) groups is 1. The lowest BCUT2D eigenvalue weighted by Crippen LogP contribution is -2.37. The zero-order valence-electron chi connectivity index (χ0n) is 17.1. The Morgan fingerprint density at radius 2 is 1.87 bits per heavy atom. The molecule has 0 saturated heterocycles. The van der Waals surface area contributed by atoms with E-state index in [9.17, 15) is 4.79 Å². The number of halogens is 1. The second-order valence-electron chi connectivity index (χ2n) is 6.51. The number of nitrogens with one attached hydrogen (secondary N) is 3. The summed E-state index contributed by atoms with van der Waals surface area (Å²) in [5, 5.41) is 13.6. The maximum absolute atomic E-state index is 11.7. The van der Waals surface area contributed by atoms with Crippen LogP contribution in [-0.2, 0) is 13.0 Å². The quantitative estimate of drug-likeness (QED) is 0.255. The standard InChI is InChI=1S/C22H26N6O.HI/c1-23-21(29)19-8-6-7-17(13-19)11-12-25-22(24-2)26-14-18-15-27-28(16-18)20-9-4-3-5-10-20;/h3-10,13,15-16H,11-12,14H2,1-2H3,(H,23,29)(H2,24,25,26);1H. The molecule has 0 unspecified atom stereocenters. The molecule has 0 aliphatic carbocycles. The molecule has 1 heterocycles. The summed E-state index contributed by atoms with van der Waals surface area (Å²) < 4.78 is 1.85. The molecule has 0 aliphatic heterocycles. The first kappa shape index (κ1) is 23.4. The van der Waals surface area contributed by atoms with Gasteiger partial charge in [-0.2, -0.15) is 5.10 Å². The Bertz CT molecular complexity index is 971. The maximum atomic E-state index is 11.7. The van der Waals surface area contributed by atoms with E-state index in [1.54, 1.807) is 14.1 Å². The lowest BCUT2D eigenvalue weighted by atomic mass is 10.1. The van der Waals surface area contributed by atoms with E-state index in [1.165, 1.54) is 0 Å². The van der Waals surface area contributed by atoms with Crippen molar-refractivity contribution in [2.24, 2.45) is 4.99 Å². The minimum Gasteiger partial charge on any atom is -0.356 e. The van der Waals surface area contributed by atoms with Crippen LogP contribution in [0, 0.1) is 0 Å².